The summed E-state index contributed by atoms with van der Waals surface area (Å²) in [7, 11) is 3.85. The van der Waals surface area contributed by atoms with Crippen molar-refractivity contribution in [3.8, 4) is 5.88 Å². The number of nitrogens with zero attached hydrogens (tertiary/aromatic N) is 5. The second-order valence-corrected chi connectivity index (χ2v) is 11.7. The van der Waals surface area contributed by atoms with Crippen molar-refractivity contribution in [1.29, 1.82) is 0 Å². The number of hydrogen-bond acceptors (Lipinski definition) is 7. The molecule has 240 valence electrons. The van der Waals surface area contributed by atoms with Gasteiger partial charge in [-0.05, 0) is 72.8 Å². The fourth-order valence-electron chi connectivity index (χ4n) is 5.85. The highest BCUT2D eigenvalue weighted by molar-refractivity contribution is 6.22. The highest BCUT2D eigenvalue weighted by Gasteiger charge is 2.22. The third kappa shape index (κ3) is 7.06. The molecule has 5 aromatic rings. The standard InChI is InChI=1S/C36H36FN7O3/c1-42-15-17-44(18-16-42)22-32(46)43(2)29-11-9-28(10-12-29)40-35(33-30-13-8-27(37)20-31(30)41-36(33)47)25-6-3-5-24(19-25)34(39-23-45)26-7-4-14-38-21-26/h3-14,19-21,23,34,41,47H,15-18,22H2,1-2H3,(H,39,45). The van der Waals surface area contributed by atoms with Gasteiger partial charge in [0.05, 0.1) is 35.1 Å². The third-order valence-electron chi connectivity index (χ3n) is 8.53. The minimum absolute atomic E-state index is 0.00589. The van der Waals surface area contributed by atoms with Crippen molar-refractivity contribution in [2.75, 3.05) is 51.7 Å². The van der Waals surface area contributed by atoms with E-state index in [2.05, 4.69) is 32.1 Å². The Labute approximate surface area is 272 Å². The number of anilines is 1. The van der Waals surface area contributed by atoms with Gasteiger partial charge in [-0.2, -0.15) is 0 Å². The second kappa shape index (κ2) is 13.9. The number of amides is 2. The maximum Gasteiger partial charge on any atom is 0.240 e. The number of pyridine rings is 1. The Morgan fingerprint density at radius 2 is 1.83 bits per heavy atom. The summed E-state index contributed by atoms with van der Waals surface area (Å²) in [6.07, 6.45) is 4.00. The van der Waals surface area contributed by atoms with Crippen LogP contribution in [0.1, 0.15) is 28.3 Å². The molecule has 0 radical (unpaired) electrons. The Morgan fingerprint density at radius 1 is 1.06 bits per heavy atom. The first kappa shape index (κ1) is 31.6. The lowest BCUT2D eigenvalue weighted by Crippen LogP contribution is -2.48. The van der Waals surface area contributed by atoms with Crippen LogP contribution in [0.15, 0.2) is 96.2 Å². The molecule has 10 nitrogen and oxygen atoms in total. The number of fused-ring (bicyclic) bond motifs is 1. The second-order valence-electron chi connectivity index (χ2n) is 11.7. The molecule has 3 aromatic carbocycles. The normalized spacial score (nSPS) is 15.0. The van der Waals surface area contributed by atoms with Crippen LogP contribution in [0.5, 0.6) is 5.88 Å². The van der Waals surface area contributed by atoms with Gasteiger partial charge in [-0.25, -0.2) is 9.38 Å². The van der Waals surface area contributed by atoms with Gasteiger partial charge < -0.3 is 25.2 Å². The Hall–Kier alpha value is -5.39. The Balaban J connectivity index is 1.37. The molecule has 2 aromatic heterocycles. The smallest absolute Gasteiger partial charge is 0.240 e. The van der Waals surface area contributed by atoms with E-state index in [4.69, 9.17) is 4.99 Å². The van der Waals surface area contributed by atoms with Crippen molar-refractivity contribution < 1.29 is 19.1 Å². The van der Waals surface area contributed by atoms with Gasteiger partial charge in [0.2, 0.25) is 12.3 Å². The van der Waals surface area contributed by atoms with Gasteiger partial charge in [0.15, 0.2) is 5.88 Å². The van der Waals surface area contributed by atoms with Gasteiger partial charge in [-0.15, -0.1) is 0 Å². The number of benzene rings is 3. The van der Waals surface area contributed by atoms with Crippen molar-refractivity contribution in [1.82, 2.24) is 25.1 Å². The van der Waals surface area contributed by atoms with Crippen molar-refractivity contribution in [2.45, 2.75) is 6.04 Å². The number of aliphatic imine (C=N–C) groups is 1. The first-order valence-electron chi connectivity index (χ1n) is 15.4. The van der Waals surface area contributed by atoms with Gasteiger partial charge in [0, 0.05) is 62.3 Å². The lowest BCUT2D eigenvalue weighted by atomic mass is 9.94. The lowest BCUT2D eigenvalue weighted by Gasteiger charge is -2.32. The predicted octanol–water partition coefficient (Wildman–Crippen LogP) is 4.62. The molecule has 1 atom stereocenters. The van der Waals surface area contributed by atoms with Crippen LogP contribution in [0.4, 0.5) is 15.8 Å². The molecule has 0 aliphatic carbocycles. The summed E-state index contributed by atoms with van der Waals surface area (Å²) >= 11 is 0. The number of aromatic amines is 1. The molecule has 3 N–H and O–H groups in total. The molecule has 1 fully saturated rings. The first-order valence-corrected chi connectivity index (χ1v) is 15.4. The van der Waals surface area contributed by atoms with Gasteiger partial charge >= 0.3 is 0 Å². The topological polar surface area (TPSA) is 117 Å². The van der Waals surface area contributed by atoms with E-state index in [0.717, 1.165) is 43.0 Å². The van der Waals surface area contributed by atoms with E-state index < -0.39 is 11.9 Å². The SMILES string of the molecule is CN1CCN(CC(=O)N(C)c2ccc(N=C(c3cccc(C(NC=O)c4cccnc4)c3)c3c(O)[nH]c4cc(F)ccc34)cc2)CC1. The van der Waals surface area contributed by atoms with Crippen molar-refractivity contribution in [3.63, 3.8) is 0 Å². The minimum Gasteiger partial charge on any atom is -0.494 e. The van der Waals surface area contributed by atoms with Crippen molar-refractivity contribution in [3.05, 3.63) is 119 Å². The minimum atomic E-state index is -0.480. The van der Waals surface area contributed by atoms with Crippen LogP contribution >= 0.6 is 0 Å². The van der Waals surface area contributed by atoms with Gasteiger partial charge in [-0.3, -0.25) is 19.5 Å². The molecule has 0 saturated carbocycles. The number of carbonyl (C=O) groups is 2. The predicted molar refractivity (Wildman–Crippen MR) is 181 cm³/mol. The van der Waals surface area contributed by atoms with E-state index in [9.17, 15) is 19.1 Å². The van der Waals surface area contributed by atoms with Gasteiger partial charge in [0.1, 0.15) is 5.82 Å². The van der Waals surface area contributed by atoms with E-state index in [-0.39, 0.29) is 11.8 Å². The number of aromatic hydroxyl groups is 1. The number of rotatable bonds is 10. The molecule has 11 heteroatoms. The summed E-state index contributed by atoms with van der Waals surface area (Å²) in [5.41, 5.74) is 4.81. The van der Waals surface area contributed by atoms with Crippen LogP contribution in [0.2, 0.25) is 0 Å². The molecule has 0 spiro atoms. The summed E-state index contributed by atoms with van der Waals surface area (Å²) in [4.78, 5) is 42.8. The van der Waals surface area contributed by atoms with Crippen LogP contribution in [-0.4, -0.2) is 89.7 Å². The zero-order valence-corrected chi connectivity index (χ0v) is 26.2. The van der Waals surface area contributed by atoms with E-state index in [0.29, 0.717) is 46.4 Å². The molecule has 1 aliphatic rings. The average Bonchev–Trinajstić information content (AvgIpc) is 3.41. The number of halogens is 1. The van der Waals surface area contributed by atoms with Gasteiger partial charge in [-0.1, -0.05) is 24.3 Å². The maximum absolute atomic E-state index is 14.1. The average molecular weight is 634 g/mol. The summed E-state index contributed by atoms with van der Waals surface area (Å²) in [6, 6.07) is 22.3. The number of aromatic nitrogens is 2. The summed E-state index contributed by atoms with van der Waals surface area (Å²) in [5, 5.41) is 14.6. The van der Waals surface area contributed by atoms with Crippen molar-refractivity contribution >= 4 is 40.3 Å². The molecule has 2 amide bonds. The number of H-pyrrole nitrogens is 1. The number of nitrogens with one attached hydrogen (secondary N) is 2. The highest BCUT2D eigenvalue weighted by atomic mass is 19.1. The summed E-state index contributed by atoms with van der Waals surface area (Å²) < 4.78 is 14.1. The molecule has 1 saturated heterocycles. The zero-order valence-electron chi connectivity index (χ0n) is 26.2. The Morgan fingerprint density at radius 3 is 2.55 bits per heavy atom. The third-order valence-corrected chi connectivity index (χ3v) is 8.53. The monoisotopic (exact) mass is 633 g/mol. The van der Waals surface area contributed by atoms with E-state index in [1.807, 2.05) is 54.6 Å². The highest BCUT2D eigenvalue weighted by Crippen LogP contribution is 2.33. The maximum atomic E-state index is 14.1. The fraction of sp³-hybridized carbons (Fsp3) is 0.222. The molecular weight excluding hydrogens is 597 g/mol. The Kier molecular flexibility index (Phi) is 9.37. The van der Waals surface area contributed by atoms with Crippen LogP contribution in [0, 0.1) is 5.82 Å². The number of likely N-dealkylation sites (N-methyl/N-ethyl adjacent to an activating group) is 2. The molecule has 6 rings (SSSR count). The van der Waals surface area contributed by atoms with Crippen molar-refractivity contribution in [2.24, 2.45) is 4.99 Å². The quantitative estimate of drug-likeness (QED) is 0.153. The number of piperazine rings is 1. The van der Waals surface area contributed by atoms with E-state index in [1.54, 1.807) is 36.5 Å². The molecule has 3 heterocycles. The largest absolute Gasteiger partial charge is 0.494 e. The van der Waals surface area contributed by atoms with Crippen LogP contribution in [0.25, 0.3) is 10.9 Å². The molecule has 1 aliphatic heterocycles. The first-order chi connectivity index (χ1) is 22.8. The van der Waals surface area contributed by atoms with Crippen LogP contribution in [0.3, 0.4) is 0 Å². The fourth-order valence-corrected chi connectivity index (χ4v) is 5.85. The molecule has 0 bridgehead atoms. The van der Waals surface area contributed by atoms with E-state index >= 15 is 0 Å². The number of hydrogen-bond donors (Lipinski definition) is 3. The summed E-state index contributed by atoms with van der Waals surface area (Å²) in [6.45, 7) is 3.94. The lowest BCUT2D eigenvalue weighted by molar-refractivity contribution is -0.119. The molecule has 47 heavy (non-hydrogen) atoms. The van der Waals surface area contributed by atoms with Crippen LogP contribution in [-0.2, 0) is 9.59 Å². The van der Waals surface area contributed by atoms with Gasteiger partial charge in [0.25, 0.3) is 0 Å². The summed E-state index contributed by atoms with van der Waals surface area (Å²) in [5.74, 6) is -0.589. The number of carbonyl (C=O) groups excluding carboxylic acids is 2. The zero-order chi connectivity index (χ0) is 32.9. The van der Waals surface area contributed by atoms with E-state index in [1.165, 1.54) is 12.1 Å². The molecule has 1 unspecified atom stereocenters. The van der Waals surface area contributed by atoms with Crippen LogP contribution < -0.4 is 10.2 Å². The Bertz CT molecular complexity index is 1900. The molecular formula is C36H36FN7O3.